The molecular weight excluding hydrogens is 523 g/mol. The highest BCUT2D eigenvalue weighted by Crippen LogP contribution is 2.26. The zero-order valence-corrected chi connectivity index (χ0v) is 23.3. The van der Waals surface area contributed by atoms with E-state index < -0.39 is 6.04 Å². The summed E-state index contributed by atoms with van der Waals surface area (Å²) in [6, 6.07) is 22.7. The van der Waals surface area contributed by atoms with E-state index in [4.69, 9.17) is 23.2 Å². The van der Waals surface area contributed by atoms with Crippen molar-refractivity contribution in [3.63, 3.8) is 0 Å². The Morgan fingerprint density at radius 2 is 1.70 bits per heavy atom. The van der Waals surface area contributed by atoms with E-state index in [1.54, 1.807) is 17.0 Å². The van der Waals surface area contributed by atoms with Gasteiger partial charge in [0.25, 0.3) is 0 Å². The molecule has 7 heteroatoms. The van der Waals surface area contributed by atoms with Crippen LogP contribution in [-0.4, -0.2) is 34.6 Å². The Morgan fingerprint density at radius 1 is 1.00 bits per heavy atom. The molecule has 0 aromatic heterocycles. The van der Waals surface area contributed by atoms with Gasteiger partial charge in [-0.25, -0.2) is 0 Å². The molecule has 4 rings (SSSR count). The minimum atomic E-state index is -0.666. The third kappa shape index (κ3) is 8.00. The van der Waals surface area contributed by atoms with Crippen LogP contribution >= 0.6 is 35.0 Å². The number of thioether (sulfide) groups is 1. The summed E-state index contributed by atoms with van der Waals surface area (Å²) >= 11 is 14.1. The molecule has 1 saturated carbocycles. The summed E-state index contributed by atoms with van der Waals surface area (Å²) in [6.07, 6.45) is 4.61. The van der Waals surface area contributed by atoms with Crippen LogP contribution in [0.1, 0.15) is 42.4 Å². The number of halogens is 2. The first-order chi connectivity index (χ1) is 17.9. The van der Waals surface area contributed by atoms with Gasteiger partial charge in [-0.3, -0.25) is 9.59 Å². The maximum atomic E-state index is 13.8. The molecule has 0 heterocycles. The van der Waals surface area contributed by atoms with Gasteiger partial charge in [0, 0.05) is 33.9 Å². The highest BCUT2D eigenvalue weighted by Gasteiger charge is 2.32. The number of nitrogens with zero attached hydrogens (tertiary/aromatic N) is 1. The molecule has 3 aromatic carbocycles. The molecular formula is C30H32Cl2N2O2S. The van der Waals surface area contributed by atoms with Crippen LogP contribution in [0.5, 0.6) is 0 Å². The van der Waals surface area contributed by atoms with E-state index >= 15 is 0 Å². The van der Waals surface area contributed by atoms with Crippen LogP contribution in [0.2, 0.25) is 10.0 Å². The Kier molecular flexibility index (Phi) is 9.95. The average molecular weight is 556 g/mol. The molecule has 1 atom stereocenters. The fourth-order valence-electron chi connectivity index (χ4n) is 4.62. The summed E-state index contributed by atoms with van der Waals surface area (Å²) in [4.78, 5) is 30.2. The first-order valence-corrected chi connectivity index (χ1v) is 14.4. The van der Waals surface area contributed by atoms with Crippen LogP contribution in [0.3, 0.4) is 0 Å². The van der Waals surface area contributed by atoms with Crippen LogP contribution in [0.15, 0.2) is 77.7 Å². The third-order valence-electron chi connectivity index (χ3n) is 6.71. The summed E-state index contributed by atoms with van der Waals surface area (Å²) in [5, 5.41) is 4.24. The van der Waals surface area contributed by atoms with Crippen molar-refractivity contribution in [1.29, 1.82) is 0 Å². The maximum absolute atomic E-state index is 13.8. The first-order valence-electron chi connectivity index (χ1n) is 12.7. The number of hydrogen-bond donors (Lipinski definition) is 1. The second-order valence-electron chi connectivity index (χ2n) is 9.55. The maximum Gasteiger partial charge on any atom is 0.243 e. The van der Waals surface area contributed by atoms with Crippen molar-refractivity contribution < 1.29 is 9.59 Å². The summed E-state index contributed by atoms with van der Waals surface area (Å²) in [7, 11) is 0. The van der Waals surface area contributed by atoms with Gasteiger partial charge < -0.3 is 10.2 Å². The Labute approximate surface area is 233 Å². The van der Waals surface area contributed by atoms with Crippen molar-refractivity contribution in [3.05, 3.63) is 99.5 Å². The van der Waals surface area contributed by atoms with Crippen molar-refractivity contribution >= 4 is 46.8 Å². The highest BCUT2D eigenvalue weighted by molar-refractivity contribution is 8.00. The summed E-state index contributed by atoms with van der Waals surface area (Å²) in [5.41, 5.74) is 2.92. The van der Waals surface area contributed by atoms with Crippen LogP contribution in [0.4, 0.5) is 0 Å². The fourth-order valence-corrected chi connectivity index (χ4v) is 5.87. The predicted octanol–water partition coefficient (Wildman–Crippen LogP) is 7.09. The van der Waals surface area contributed by atoms with Gasteiger partial charge in [-0.15, -0.1) is 11.8 Å². The zero-order chi connectivity index (χ0) is 26.2. The van der Waals surface area contributed by atoms with Gasteiger partial charge in [0.15, 0.2) is 0 Å². The minimum Gasteiger partial charge on any atom is -0.352 e. The highest BCUT2D eigenvalue weighted by atomic mass is 35.5. The van der Waals surface area contributed by atoms with Crippen molar-refractivity contribution in [2.24, 2.45) is 0 Å². The van der Waals surface area contributed by atoms with Gasteiger partial charge in [0.05, 0.1) is 5.75 Å². The van der Waals surface area contributed by atoms with Crippen molar-refractivity contribution in [2.45, 2.75) is 62.6 Å². The molecule has 4 nitrogen and oxygen atoms in total. The second kappa shape index (κ2) is 13.4. The minimum absolute atomic E-state index is 0.112. The van der Waals surface area contributed by atoms with E-state index in [9.17, 15) is 9.59 Å². The second-order valence-corrected chi connectivity index (χ2v) is 11.4. The Morgan fingerprint density at radius 3 is 2.38 bits per heavy atom. The monoisotopic (exact) mass is 554 g/mol. The molecule has 0 spiro atoms. The Hall–Kier alpha value is -2.47. The number of rotatable bonds is 10. The molecule has 0 aliphatic heterocycles. The lowest BCUT2D eigenvalue weighted by Crippen LogP contribution is -2.52. The largest absolute Gasteiger partial charge is 0.352 e. The van der Waals surface area contributed by atoms with Crippen LogP contribution in [0, 0.1) is 6.92 Å². The van der Waals surface area contributed by atoms with Crippen molar-refractivity contribution in [1.82, 2.24) is 10.2 Å². The summed E-state index contributed by atoms with van der Waals surface area (Å²) in [6.45, 7) is 2.26. The van der Waals surface area contributed by atoms with Crippen molar-refractivity contribution in [2.75, 3.05) is 5.75 Å². The molecule has 1 N–H and O–H groups in total. The molecule has 0 unspecified atom stereocenters. The quantitative estimate of drug-likeness (QED) is 0.272. The zero-order valence-electron chi connectivity index (χ0n) is 21.0. The topological polar surface area (TPSA) is 49.4 Å². The molecule has 3 aromatic rings. The number of amides is 2. The number of nitrogens with one attached hydrogen (secondary N) is 1. The van der Waals surface area contributed by atoms with Crippen molar-refractivity contribution in [3.8, 4) is 0 Å². The standard InChI is InChI=1S/C30H32Cl2N2O2S/c1-21-11-15-26(16-12-21)37-20-29(35)34(19-23-13-14-24(31)18-27(23)32)28(17-22-7-3-2-4-8-22)30(36)33-25-9-5-6-10-25/h2-4,7-8,11-16,18,25,28H,5-6,9-10,17,19-20H2,1H3,(H,33,36)/t28-/m0/s1. The number of aryl methyl sites for hydroxylation is 1. The van der Waals surface area contributed by atoms with Gasteiger partial charge in [-0.2, -0.15) is 0 Å². The van der Waals surface area contributed by atoms with Gasteiger partial charge in [-0.05, 0) is 55.2 Å². The number of carbonyl (C=O) groups excluding carboxylic acids is 2. The predicted molar refractivity (Wildman–Crippen MR) is 153 cm³/mol. The van der Waals surface area contributed by atoms with Crippen LogP contribution in [0.25, 0.3) is 0 Å². The van der Waals surface area contributed by atoms with Gasteiger partial charge in [0.1, 0.15) is 6.04 Å². The van der Waals surface area contributed by atoms with Gasteiger partial charge >= 0.3 is 0 Å². The van der Waals surface area contributed by atoms with Gasteiger partial charge in [-0.1, -0.05) is 90.1 Å². The third-order valence-corrected chi connectivity index (χ3v) is 8.30. The lowest BCUT2D eigenvalue weighted by molar-refractivity contribution is -0.139. The summed E-state index contributed by atoms with van der Waals surface area (Å²) < 4.78 is 0. The number of carbonyl (C=O) groups is 2. The van der Waals surface area contributed by atoms with Gasteiger partial charge in [0.2, 0.25) is 11.8 Å². The molecule has 1 aliphatic rings. The van der Waals surface area contributed by atoms with E-state index in [1.807, 2.05) is 67.6 Å². The summed E-state index contributed by atoms with van der Waals surface area (Å²) in [5.74, 6) is -0.00961. The fraction of sp³-hybridized carbons (Fsp3) is 0.333. The molecule has 0 saturated heterocycles. The first kappa shape index (κ1) is 27.6. The lowest BCUT2D eigenvalue weighted by atomic mass is 10.0. The lowest BCUT2D eigenvalue weighted by Gasteiger charge is -2.32. The molecule has 1 aliphatic carbocycles. The van der Waals surface area contributed by atoms with E-state index in [1.165, 1.54) is 17.3 Å². The molecule has 0 radical (unpaired) electrons. The average Bonchev–Trinajstić information content (AvgIpc) is 3.40. The number of hydrogen-bond acceptors (Lipinski definition) is 3. The van der Waals surface area contributed by atoms with Crippen LogP contribution in [-0.2, 0) is 22.6 Å². The Balaban J connectivity index is 1.63. The van der Waals surface area contributed by atoms with E-state index in [2.05, 4.69) is 5.32 Å². The normalized spacial score (nSPS) is 14.4. The van der Waals surface area contributed by atoms with E-state index in [-0.39, 0.29) is 30.2 Å². The SMILES string of the molecule is Cc1ccc(SCC(=O)N(Cc2ccc(Cl)cc2Cl)[C@@H](Cc2ccccc2)C(=O)NC2CCCC2)cc1. The molecule has 1 fully saturated rings. The molecule has 37 heavy (non-hydrogen) atoms. The van der Waals surface area contributed by atoms with E-state index in [0.29, 0.717) is 16.5 Å². The Bertz CT molecular complexity index is 1200. The molecule has 0 bridgehead atoms. The molecule has 2 amide bonds. The van der Waals surface area contributed by atoms with E-state index in [0.717, 1.165) is 41.7 Å². The smallest absolute Gasteiger partial charge is 0.243 e. The number of benzene rings is 3. The van der Waals surface area contributed by atoms with Crippen LogP contribution < -0.4 is 5.32 Å². The molecule has 194 valence electrons.